The van der Waals surface area contributed by atoms with E-state index in [1.165, 1.54) is 11.8 Å². The molecule has 0 aliphatic rings. The standard InChI is InChI=1S/C23H18BrClN4O2S/c1-14-7-9-16(12-19(14)25)26-21(31)13-32-23-28-27-22(18-11-15(24)8-10-20(18)30)29(23)17-5-3-2-4-6-17/h2-12,30H,13H2,1H3,(H,26,31). The van der Waals surface area contributed by atoms with E-state index in [0.717, 1.165) is 15.7 Å². The number of carbonyl (C=O) groups excluding carboxylic acids is 1. The third-order valence-corrected chi connectivity index (χ3v) is 6.46. The number of hydrogen-bond donors (Lipinski definition) is 2. The molecule has 0 fully saturated rings. The molecule has 1 amide bonds. The Kier molecular flexibility index (Phi) is 6.83. The predicted molar refractivity (Wildman–Crippen MR) is 132 cm³/mol. The number of thioether (sulfide) groups is 1. The number of aryl methyl sites for hydroxylation is 1. The van der Waals surface area contributed by atoms with Gasteiger partial charge in [0.05, 0.1) is 11.3 Å². The zero-order valence-corrected chi connectivity index (χ0v) is 20.1. The number of anilines is 1. The number of phenolic OH excluding ortho intramolecular Hbond substituents is 1. The monoisotopic (exact) mass is 528 g/mol. The van der Waals surface area contributed by atoms with Gasteiger partial charge in [0.1, 0.15) is 5.75 Å². The number of nitrogens with zero attached hydrogens (tertiary/aromatic N) is 3. The first-order valence-corrected chi connectivity index (χ1v) is 11.8. The molecule has 1 heterocycles. The van der Waals surface area contributed by atoms with Gasteiger partial charge >= 0.3 is 0 Å². The number of benzene rings is 3. The van der Waals surface area contributed by atoms with Crippen molar-refractivity contribution < 1.29 is 9.90 Å². The van der Waals surface area contributed by atoms with E-state index in [-0.39, 0.29) is 17.4 Å². The highest BCUT2D eigenvalue weighted by molar-refractivity contribution is 9.10. The summed E-state index contributed by atoms with van der Waals surface area (Å²) in [5.41, 5.74) is 2.93. The van der Waals surface area contributed by atoms with Gasteiger partial charge in [0, 0.05) is 20.9 Å². The molecule has 4 aromatic rings. The highest BCUT2D eigenvalue weighted by Gasteiger charge is 2.20. The molecule has 2 N–H and O–H groups in total. The number of phenols is 1. The van der Waals surface area contributed by atoms with Crippen molar-refractivity contribution in [1.29, 1.82) is 0 Å². The van der Waals surface area contributed by atoms with Crippen LogP contribution in [0.25, 0.3) is 17.1 Å². The van der Waals surface area contributed by atoms with E-state index in [2.05, 4.69) is 31.4 Å². The molecule has 4 rings (SSSR count). The van der Waals surface area contributed by atoms with Gasteiger partial charge in [-0.15, -0.1) is 10.2 Å². The van der Waals surface area contributed by atoms with Gasteiger partial charge in [-0.3, -0.25) is 9.36 Å². The molecule has 0 saturated carbocycles. The zero-order valence-electron chi connectivity index (χ0n) is 16.9. The van der Waals surface area contributed by atoms with Crippen LogP contribution in [0.5, 0.6) is 5.75 Å². The molecule has 6 nitrogen and oxygen atoms in total. The lowest BCUT2D eigenvalue weighted by molar-refractivity contribution is -0.113. The molecule has 0 aliphatic heterocycles. The lowest BCUT2D eigenvalue weighted by Gasteiger charge is -2.11. The fourth-order valence-electron chi connectivity index (χ4n) is 3.03. The Labute approximate surface area is 202 Å². The first-order valence-electron chi connectivity index (χ1n) is 9.61. The van der Waals surface area contributed by atoms with Crippen LogP contribution in [0.15, 0.2) is 76.4 Å². The number of halogens is 2. The van der Waals surface area contributed by atoms with Gasteiger partial charge in [-0.05, 0) is 55.0 Å². The van der Waals surface area contributed by atoms with Crippen LogP contribution in [0, 0.1) is 6.92 Å². The topological polar surface area (TPSA) is 80.0 Å². The summed E-state index contributed by atoms with van der Waals surface area (Å²) in [6.07, 6.45) is 0. The van der Waals surface area contributed by atoms with E-state index in [1.807, 2.05) is 54.0 Å². The average molecular weight is 530 g/mol. The van der Waals surface area contributed by atoms with Gasteiger partial charge in [0.15, 0.2) is 11.0 Å². The quantitative estimate of drug-likeness (QED) is 0.295. The van der Waals surface area contributed by atoms with E-state index >= 15 is 0 Å². The van der Waals surface area contributed by atoms with Gasteiger partial charge in [0.25, 0.3) is 0 Å². The van der Waals surface area contributed by atoms with E-state index in [4.69, 9.17) is 11.6 Å². The van der Waals surface area contributed by atoms with E-state index in [0.29, 0.717) is 27.3 Å². The first kappa shape index (κ1) is 22.4. The van der Waals surface area contributed by atoms with Gasteiger partial charge < -0.3 is 10.4 Å². The maximum Gasteiger partial charge on any atom is 0.234 e. The molecule has 9 heteroatoms. The Hall–Kier alpha value is -2.81. The molecule has 3 aromatic carbocycles. The minimum Gasteiger partial charge on any atom is -0.507 e. The van der Waals surface area contributed by atoms with Crippen LogP contribution in [0.2, 0.25) is 5.02 Å². The number of nitrogens with one attached hydrogen (secondary N) is 1. The lowest BCUT2D eigenvalue weighted by Crippen LogP contribution is -2.14. The number of para-hydroxylation sites is 1. The van der Waals surface area contributed by atoms with Gasteiger partial charge in [-0.25, -0.2) is 0 Å². The normalized spacial score (nSPS) is 10.8. The van der Waals surface area contributed by atoms with Crippen LogP contribution in [-0.4, -0.2) is 31.5 Å². The Balaban J connectivity index is 1.61. The van der Waals surface area contributed by atoms with Crippen LogP contribution in [0.3, 0.4) is 0 Å². The molecular weight excluding hydrogens is 512 g/mol. The van der Waals surface area contributed by atoms with Crippen molar-refractivity contribution in [3.05, 3.63) is 81.8 Å². The molecule has 0 aliphatic carbocycles. The highest BCUT2D eigenvalue weighted by atomic mass is 79.9. The van der Waals surface area contributed by atoms with Crippen LogP contribution in [0.1, 0.15) is 5.56 Å². The second-order valence-electron chi connectivity index (χ2n) is 6.94. The maximum atomic E-state index is 12.5. The molecule has 0 unspecified atom stereocenters. The van der Waals surface area contributed by atoms with Crippen molar-refractivity contribution in [1.82, 2.24) is 14.8 Å². The van der Waals surface area contributed by atoms with Gasteiger partial charge in [-0.1, -0.05) is 63.6 Å². The molecule has 162 valence electrons. The Bertz CT molecular complexity index is 1280. The van der Waals surface area contributed by atoms with Crippen molar-refractivity contribution in [3.8, 4) is 22.8 Å². The summed E-state index contributed by atoms with van der Waals surface area (Å²) in [5, 5.41) is 23.0. The summed E-state index contributed by atoms with van der Waals surface area (Å²) in [7, 11) is 0. The third kappa shape index (κ3) is 4.98. The lowest BCUT2D eigenvalue weighted by atomic mass is 10.2. The van der Waals surface area contributed by atoms with Crippen molar-refractivity contribution in [2.24, 2.45) is 0 Å². The van der Waals surface area contributed by atoms with Crippen molar-refractivity contribution in [2.75, 3.05) is 11.1 Å². The second kappa shape index (κ2) is 9.77. The summed E-state index contributed by atoms with van der Waals surface area (Å²) in [5.74, 6) is 0.497. The summed E-state index contributed by atoms with van der Waals surface area (Å²) >= 11 is 10.8. The summed E-state index contributed by atoms with van der Waals surface area (Å²) in [6, 6.07) is 20.1. The molecule has 0 saturated heterocycles. The summed E-state index contributed by atoms with van der Waals surface area (Å²) in [4.78, 5) is 12.5. The first-order chi connectivity index (χ1) is 15.4. The van der Waals surface area contributed by atoms with Crippen molar-refractivity contribution in [2.45, 2.75) is 12.1 Å². The molecular formula is C23H18BrClN4O2S. The third-order valence-electron chi connectivity index (χ3n) is 4.64. The maximum absolute atomic E-state index is 12.5. The fraction of sp³-hybridized carbons (Fsp3) is 0.0870. The number of carbonyl (C=O) groups is 1. The van der Waals surface area contributed by atoms with Crippen LogP contribution in [0.4, 0.5) is 5.69 Å². The number of amides is 1. The van der Waals surface area contributed by atoms with E-state index < -0.39 is 0 Å². The van der Waals surface area contributed by atoms with Crippen LogP contribution in [-0.2, 0) is 4.79 Å². The second-order valence-corrected chi connectivity index (χ2v) is 9.20. The fourth-order valence-corrected chi connectivity index (χ4v) is 4.33. The van der Waals surface area contributed by atoms with Gasteiger partial charge in [-0.2, -0.15) is 0 Å². The molecule has 0 radical (unpaired) electrons. The van der Waals surface area contributed by atoms with E-state index in [9.17, 15) is 9.90 Å². The number of rotatable bonds is 6. The Morgan fingerprint density at radius 3 is 2.66 bits per heavy atom. The highest BCUT2D eigenvalue weighted by Crippen LogP contribution is 2.34. The number of hydrogen-bond acceptors (Lipinski definition) is 5. The zero-order chi connectivity index (χ0) is 22.7. The molecule has 0 atom stereocenters. The molecule has 0 bridgehead atoms. The largest absolute Gasteiger partial charge is 0.507 e. The molecule has 0 spiro atoms. The minimum absolute atomic E-state index is 0.0864. The van der Waals surface area contributed by atoms with E-state index in [1.54, 1.807) is 24.3 Å². The number of aromatic nitrogens is 3. The Morgan fingerprint density at radius 2 is 1.91 bits per heavy atom. The Morgan fingerprint density at radius 1 is 1.12 bits per heavy atom. The SMILES string of the molecule is Cc1ccc(NC(=O)CSc2nnc(-c3cc(Br)ccc3O)n2-c2ccccc2)cc1Cl. The van der Waals surface area contributed by atoms with Crippen LogP contribution < -0.4 is 5.32 Å². The minimum atomic E-state index is -0.190. The smallest absolute Gasteiger partial charge is 0.234 e. The predicted octanol–water partition coefficient (Wildman–Crippen LogP) is 6.10. The number of aromatic hydroxyl groups is 1. The van der Waals surface area contributed by atoms with Crippen molar-refractivity contribution >= 4 is 50.9 Å². The summed E-state index contributed by atoms with van der Waals surface area (Å²) < 4.78 is 2.63. The molecule has 32 heavy (non-hydrogen) atoms. The summed E-state index contributed by atoms with van der Waals surface area (Å²) in [6.45, 7) is 1.90. The van der Waals surface area contributed by atoms with Gasteiger partial charge in [0.2, 0.25) is 5.91 Å². The van der Waals surface area contributed by atoms with Crippen LogP contribution >= 0.6 is 39.3 Å². The average Bonchev–Trinajstić information content (AvgIpc) is 3.21. The van der Waals surface area contributed by atoms with Crippen molar-refractivity contribution in [3.63, 3.8) is 0 Å². The molecule has 1 aromatic heterocycles.